The van der Waals surface area contributed by atoms with Crippen LogP contribution in [0.4, 0.5) is 11.5 Å². The molecule has 2 bridgehead atoms. The molecule has 3 atom stereocenters. The van der Waals surface area contributed by atoms with Crippen LogP contribution in [0.5, 0.6) is 0 Å². The van der Waals surface area contributed by atoms with Gasteiger partial charge in [-0.2, -0.15) is 5.10 Å². The van der Waals surface area contributed by atoms with E-state index < -0.39 is 0 Å². The largest absolute Gasteiger partial charge is 0.383 e. The molecular formula is C29H43N9O. The van der Waals surface area contributed by atoms with Crippen LogP contribution in [-0.4, -0.2) is 64.1 Å². The molecule has 1 saturated heterocycles. The lowest BCUT2D eigenvalue weighted by Crippen LogP contribution is -2.56. The van der Waals surface area contributed by atoms with E-state index in [4.69, 9.17) is 15.5 Å². The van der Waals surface area contributed by atoms with Crippen LogP contribution in [0.3, 0.4) is 0 Å². The number of aromatic nitrogens is 4. The zero-order chi connectivity index (χ0) is 27.3. The maximum Gasteiger partial charge on any atom is 0.225 e. The van der Waals surface area contributed by atoms with Crippen molar-refractivity contribution in [3.8, 4) is 0 Å². The second kappa shape index (κ2) is 10.2. The summed E-state index contributed by atoms with van der Waals surface area (Å²) in [6.45, 7) is 10.1. The number of nitrogens with zero attached hydrogens (tertiary/aromatic N) is 5. The van der Waals surface area contributed by atoms with Crippen molar-refractivity contribution >= 4 is 23.1 Å². The van der Waals surface area contributed by atoms with Gasteiger partial charge in [-0.3, -0.25) is 9.48 Å². The van der Waals surface area contributed by atoms with Gasteiger partial charge < -0.3 is 26.3 Å². The molecule has 2 aromatic heterocycles. The van der Waals surface area contributed by atoms with Gasteiger partial charge in [0, 0.05) is 63.5 Å². The second-order valence-corrected chi connectivity index (χ2v) is 12.4. The van der Waals surface area contributed by atoms with Crippen LogP contribution in [0.15, 0.2) is 0 Å². The summed E-state index contributed by atoms with van der Waals surface area (Å²) in [5.41, 5.74) is 6.00. The Morgan fingerprint density at radius 2 is 2.03 bits per heavy atom. The van der Waals surface area contributed by atoms with Crippen molar-refractivity contribution in [2.75, 3.05) is 36.9 Å². The average Bonchev–Trinajstić information content (AvgIpc) is 3.18. The molecule has 0 spiro atoms. The zero-order valence-corrected chi connectivity index (χ0v) is 23.9. The third-order valence-electron chi connectivity index (χ3n) is 9.74. The summed E-state index contributed by atoms with van der Waals surface area (Å²) >= 11 is 0. The van der Waals surface area contributed by atoms with Gasteiger partial charge in [0.2, 0.25) is 5.91 Å². The highest BCUT2D eigenvalue weighted by Crippen LogP contribution is 2.50. The molecule has 10 heteroatoms. The standard InChI is InChI=1S/C29H43N9O/c1-17(30)25-26(31-4)27(34-19(3)33-25)37-11-8-24-22(15-37)18(2)36-38(24)16-29-9-5-6-20(12-29)23(7-10-29)35-28(39)21-13-32-14-21/h20-21,23,30-32H,5-16H2,1-4H3,(H,35,39). The maximum absolute atomic E-state index is 12.6. The second-order valence-electron chi connectivity index (χ2n) is 12.4. The molecule has 2 aliphatic heterocycles. The molecule has 0 aromatic carbocycles. The molecule has 2 aliphatic carbocycles. The number of carbonyl (C=O) groups is 1. The van der Waals surface area contributed by atoms with E-state index in [1.165, 1.54) is 36.9 Å². The van der Waals surface area contributed by atoms with Crippen molar-refractivity contribution in [3.05, 3.63) is 28.5 Å². The quantitative estimate of drug-likeness (QED) is 0.404. The fourth-order valence-electron chi connectivity index (χ4n) is 7.53. The number of fused-ring (bicyclic) bond motifs is 3. The Bertz CT molecular complexity index is 1280. The van der Waals surface area contributed by atoms with E-state index in [-0.39, 0.29) is 17.2 Å². The molecule has 0 radical (unpaired) electrons. The average molecular weight is 534 g/mol. The van der Waals surface area contributed by atoms with E-state index in [9.17, 15) is 4.79 Å². The highest BCUT2D eigenvalue weighted by molar-refractivity contribution is 6.01. The van der Waals surface area contributed by atoms with Crippen molar-refractivity contribution in [2.45, 2.75) is 84.8 Å². The summed E-state index contributed by atoms with van der Waals surface area (Å²) < 4.78 is 2.33. The smallest absolute Gasteiger partial charge is 0.225 e. The van der Waals surface area contributed by atoms with Gasteiger partial charge in [0.25, 0.3) is 0 Å². The number of rotatable bonds is 7. The number of nitrogens with one attached hydrogen (secondary N) is 4. The first-order valence-electron chi connectivity index (χ1n) is 14.7. The fraction of sp³-hybridized carbons (Fsp3) is 0.690. The first-order chi connectivity index (χ1) is 18.8. The third kappa shape index (κ3) is 4.81. The Labute approximate surface area is 231 Å². The number of amides is 1. The molecule has 6 rings (SSSR count). The van der Waals surface area contributed by atoms with Crippen molar-refractivity contribution in [1.82, 2.24) is 30.4 Å². The SMILES string of the molecule is CNc1c(C(C)=N)nc(C)nc1N1CCc2c(c(C)nn2CC23CCCC(C2)C(NC(=O)C2CNC2)CC3)C1. The summed E-state index contributed by atoms with van der Waals surface area (Å²) in [7, 11) is 1.88. The summed E-state index contributed by atoms with van der Waals surface area (Å²) in [5, 5.41) is 23.2. The van der Waals surface area contributed by atoms with Gasteiger partial charge in [-0.1, -0.05) is 6.42 Å². The van der Waals surface area contributed by atoms with Crippen LogP contribution < -0.4 is 20.9 Å². The van der Waals surface area contributed by atoms with Crippen molar-refractivity contribution in [3.63, 3.8) is 0 Å². The third-order valence-corrected chi connectivity index (χ3v) is 9.74. The number of aryl methyl sites for hydroxylation is 2. The van der Waals surface area contributed by atoms with Gasteiger partial charge >= 0.3 is 0 Å². The number of hydrogen-bond donors (Lipinski definition) is 4. The van der Waals surface area contributed by atoms with Crippen LogP contribution >= 0.6 is 0 Å². The van der Waals surface area contributed by atoms with Crippen LogP contribution in [-0.2, 0) is 24.3 Å². The summed E-state index contributed by atoms with van der Waals surface area (Å²) in [4.78, 5) is 24.3. The van der Waals surface area contributed by atoms with Gasteiger partial charge in [-0.05, 0) is 64.2 Å². The van der Waals surface area contributed by atoms with Crippen LogP contribution in [0, 0.1) is 36.5 Å². The summed E-state index contributed by atoms with van der Waals surface area (Å²) in [5.74, 6) is 2.55. The van der Waals surface area contributed by atoms with E-state index in [0.717, 1.165) is 69.2 Å². The summed E-state index contributed by atoms with van der Waals surface area (Å²) in [6.07, 6.45) is 8.09. The molecular weight excluding hydrogens is 490 g/mol. The molecule has 3 unspecified atom stereocenters. The predicted octanol–water partition coefficient (Wildman–Crippen LogP) is 2.96. The van der Waals surface area contributed by atoms with Crippen LogP contribution in [0.2, 0.25) is 0 Å². The Balaban J connectivity index is 1.19. The highest BCUT2D eigenvalue weighted by atomic mass is 16.2. The lowest BCUT2D eigenvalue weighted by molar-refractivity contribution is -0.128. The minimum atomic E-state index is 0.162. The Morgan fingerprint density at radius 3 is 2.74 bits per heavy atom. The van der Waals surface area contributed by atoms with Crippen LogP contribution in [0.25, 0.3) is 0 Å². The normalized spacial score (nSPS) is 26.5. The molecule has 4 heterocycles. The number of anilines is 2. The minimum Gasteiger partial charge on any atom is -0.383 e. The molecule has 39 heavy (non-hydrogen) atoms. The maximum atomic E-state index is 12.6. The van der Waals surface area contributed by atoms with E-state index in [1.54, 1.807) is 6.92 Å². The lowest BCUT2D eigenvalue weighted by Gasteiger charge is -2.49. The van der Waals surface area contributed by atoms with Crippen molar-refractivity contribution in [1.29, 1.82) is 5.41 Å². The molecule has 3 fully saturated rings. The lowest BCUT2D eigenvalue weighted by atomic mass is 9.60. The Morgan fingerprint density at radius 1 is 1.21 bits per heavy atom. The zero-order valence-electron chi connectivity index (χ0n) is 23.9. The fourth-order valence-corrected chi connectivity index (χ4v) is 7.53. The van der Waals surface area contributed by atoms with E-state index in [0.29, 0.717) is 29.2 Å². The predicted molar refractivity (Wildman–Crippen MR) is 152 cm³/mol. The van der Waals surface area contributed by atoms with Gasteiger partial charge in [-0.25, -0.2) is 9.97 Å². The molecule has 4 aliphatic rings. The molecule has 2 aromatic rings. The monoisotopic (exact) mass is 533 g/mol. The molecule has 210 valence electrons. The van der Waals surface area contributed by atoms with Crippen molar-refractivity contribution in [2.24, 2.45) is 17.3 Å². The number of hydrogen-bond acceptors (Lipinski definition) is 8. The van der Waals surface area contributed by atoms with Gasteiger partial charge in [0.1, 0.15) is 17.2 Å². The van der Waals surface area contributed by atoms with Gasteiger partial charge in [0.15, 0.2) is 5.82 Å². The number of carbonyl (C=O) groups excluding carboxylic acids is 1. The van der Waals surface area contributed by atoms with E-state index in [2.05, 4.69) is 37.4 Å². The summed E-state index contributed by atoms with van der Waals surface area (Å²) in [6, 6.07) is 0.334. The highest BCUT2D eigenvalue weighted by Gasteiger charge is 2.45. The molecule has 10 nitrogen and oxygen atoms in total. The van der Waals surface area contributed by atoms with Crippen molar-refractivity contribution < 1.29 is 4.79 Å². The molecule has 1 amide bonds. The van der Waals surface area contributed by atoms with Gasteiger partial charge in [-0.15, -0.1) is 0 Å². The van der Waals surface area contributed by atoms with Crippen LogP contribution in [0.1, 0.15) is 73.9 Å². The molecule has 4 N–H and O–H groups in total. The first-order valence-corrected chi connectivity index (χ1v) is 14.7. The van der Waals surface area contributed by atoms with E-state index >= 15 is 0 Å². The Hall–Kier alpha value is -3.01. The topological polar surface area (TPSA) is 124 Å². The van der Waals surface area contributed by atoms with Gasteiger partial charge in [0.05, 0.1) is 17.3 Å². The first kappa shape index (κ1) is 26.2. The molecule has 2 saturated carbocycles. The Kier molecular flexibility index (Phi) is 6.85. The van der Waals surface area contributed by atoms with E-state index in [1.807, 2.05) is 14.0 Å². The minimum absolute atomic E-state index is 0.162.